The van der Waals surface area contributed by atoms with Crippen molar-refractivity contribution < 1.29 is 48.3 Å². The van der Waals surface area contributed by atoms with Crippen LogP contribution in [0.4, 0.5) is 32.3 Å². The van der Waals surface area contributed by atoms with Crippen molar-refractivity contribution >= 4 is 53.1 Å². The number of methoxy groups -OCH3 is 2. The largest absolute Gasteiger partial charge is 0.506 e. The molecule has 0 radical (unpaired) electrons. The summed E-state index contributed by atoms with van der Waals surface area (Å²) < 4.78 is 8.78. The minimum atomic E-state index is -0.760. The minimum Gasteiger partial charge on any atom is -0.506 e. The van der Waals surface area contributed by atoms with Crippen molar-refractivity contribution in [3.8, 4) is 11.5 Å². The molecule has 0 unspecified atom stereocenters. The van der Waals surface area contributed by atoms with Gasteiger partial charge in [0.2, 0.25) is 6.20 Å². The molecule has 0 fully saturated rings. The molecule has 0 bridgehead atoms. The maximum absolute atomic E-state index is 12.7. The molecule has 0 aromatic heterocycles. The van der Waals surface area contributed by atoms with Crippen molar-refractivity contribution in [3.63, 3.8) is 0 Å². The minimum absolute atomic E-state index is 0.102. The molecule has 37 heavy (non-hydrogen) atoms. The van der Waals surface area contributed by atoms with E-state index in [9.17, 15) is 29.4 Å². The number of amides is 4. The summed E-state index contributed by atoms with van der Waals surface area (Å²) in [6.45, 7) is -0.319. The Kier molecular flexibility index (Phi) is 8.27. The van der Waals surface area contributed by atoms with Crippen LogP contribution in [0.2, 0.25) is 0 Å². The van der Waals surface area contributed by atoms with Crippen LogP contribution in [-0.2, 0) is 19.1 Å². The number of benzene rings is 2. The molecule has 3 rings (SSSR count). The molecule has 2 aromatic rings. The van der Waals surface area contributed by atoms with Gasteiger partial charge < -0.3 is 30.3 Å². The highest BCUT2D eigenvalue weighted by Gasteiger charge is 2.36. The fourth-order valence-electron chi connectivity index (χ4n) is 3.37. The number of anilines is 4. The average molecular weight is 514 g/mol. The Balaban J connectivity index is 1.62. The molecular formula is C23H26N6O8+2. The number of carbonyl (C=O) groups is 4. The van der Waals surface area contributed by atoms with Crippen molar-refractivity contribution in [1.82, 2.24) is 0 Å². The molecule has 0 atom stereocenters. The average Bonchev–Trinajstić information content (AvgIpc) is 3.29. The van der Waals surface area contributed by atoms with E-state index in [0.717, 1.165) is 0 Å². The van der Waals surface area contributed by atoms with Crippen molar-refractivity contribution in [3.05, 3.63) is 48.8 Å². The molecule has 0 saturated heterocycles. The highest BCUT2D eigenvalue weighted by atomic mass is 16.5. The zero-order valence-electron chi connectivity index (χ0n) is 19.9. The first-order chi connectivity index (χ1) is 17.6. The predicted octanol–water partition coefficient (Wildman–Crippen LogP) is 0.442. The van der Waals surface area contributed by atoms with Gasteiger partial charge in [0.15, 0.2) is 19.3 Å². The van der Waals surface area contributed by atoms with E-state index < -0.39 is 24.0 Å². The molecule has 0 aliphatic carbocycles. The number of phenolic OH excluding ortho intramolecular Hbond substituents is 2. The highest BCUT2D eigenvalue weighted by molar-refractivity contribution is 5.96. The SMILES string of the molecule is COC(=O)Nc1ccc(NC(=O)C[N+]2(CC(=O)Nc3ccc(NC(=O)OC)c(O)c3)C=C[NH+]=C2)cc1O. The van der Waals surface area contributed by atoms with Crippen molar-refractivity contribution in [2.45, 2.75) is 0 Å². The lowest BCUT2D eigenvalue weighted by Gasteiger charge is -2.23. The first kappa shape index (κ1) is 26.5. The standard InChI is InChI=1S/C23H24N6O8/c1-36-22(34)27-16-5-3-14(9-18(16)30)25-20(32)11-29(8-7-24-13-29)12-21(33)26-15-4-6-17(19(31)10-15)28-23(35)37-2/h3-10,13H,11-12H2,1-2H3,(H5-,25,26,27,28,30,31,32,33,34,35)/p+2. The van der Waals surface area contributed by atoms with E-state index in [-0.39, 0.29) is 51.8 Å². The van der Waals surface area contributed by atoms with Crippen LogP contribution in [0.25, 0.3) is 0 Å². The molecule has 1 aliphatic rings. The molecule has 0 saturated carbocycles. The number of hydrogen-bond donors (Lipinski definition) is 7. The summed E-state index contributed by atoms with van der Waals surface area (Å²) in [5, 5.41) is 30.1. The Hall–Kier alpha value is -5.11. The monoisotopic (exact) mass is 514 g/mol. The van der Waals surface area contributed by atoms with E-state index in [0.29, 0.717) is 0 Å². The number of nitrogens with zero attached hydrogens (tertiary/aromatic N) is 1. The summed E-state index contributed by atoms with van der Waals surface area (Å²) in [5.74, 6) is -1.48. The lowest BCUT2D eigenvalue weighted by atomic mass is 10.2. The molecule has 4 amide bonds. The van der Waals surface area contributed by atoms with Gasteiger partial charge in [-0.2, -0.15) is 9.48 Å². The maximum Gasteiger partial charge on any atom is 0.411 e. The zero-order chi connectivity index (χ0) is 27.0. The van der Waals surface area contributed by atoms with E-state index in [1.165, 1.54) is 50.6 Å². The number of phenols is 2. The Morgan fingerprint density at radius 1 is 0.784 bits per heavy atom. The second-order valence-corrected chi connectivity index (χ2v) is 7.82. The first-order valence-electron chi connectivity index (χ1n) is 10.7. The van der Waals surface area contributed by atoms with Crippen LogP contribution >= 0.6 is 0 Å². The lowest BCUT2D eigenvalue weighted by molar-refractivity contribution is -0.770. The molecule has 1 heterocycles. The lowest BCUT2D eigenvalue weighted by Crippen LogP contribution is -2.64. The first-order valence-corrected chi connectivity index (χ1v) is 10.7. The van der Waals surface area contributed by atoms with Crippen LogP contribution in [0, 0.1) is 0 Å². The van der Waals surface area contributed by atoms with Gasteiger partial charge in [0.1, 0.15) is 11.5 Å². The van der Waals surface area contributed by atoms with Gasteiger partial charge in [-0.05, 0) is 24.3 Å². The normalized spacial score (nSPS) is 12.9. The topological polar surface area (TPSA) is 189 Å². The quantitative estimate of drug-likeness (QED) is 0.195. The van der Waals surface area contributed by atoms with Gasteiger partial charge in [0.25, 0.3) is 11.8 Å². The summed E-state index contributed by atoms with van der Waals surface area (Å²) in [4.78, 5) is 51.0. The van der Waals surface area contributed by atoms with Gasteiger partial charge in [0, 0.05) is 23.5 Å². The van der Waals surface area contributed by atoms with Crippen molar-refractivity contribution in [2.24, 2.45) is 0 Å². The Morgan fingerprint density at radius 3 is 1.59 bits per heavy atom. The Labute approximate surface area is 210 Å². The van der Waals surface area contributed by atoms with Crippen LogP contribution in [0.3, 0.4) is 0 Å². The molecule has 194 valence electrons. The van der Waals surface area contributed by atoms with Crippen molar-refractivity contribution in [1.29, 1.82) is 0 Å². The third-order valence-corrected chi connectivity index (χ3v) is 5.08. The van der Waals surface area contributed by atoms with Gasteiger partial charge in [-0.3, -0.25) is 20.2 Å². The second kappa shape index (κ2) is 11.5. The van der Waals surface area contributed by atoms with Gasteiger partial charge in [-0.1, -0.05) is 0 Å². The summed E-state index contributed by atoms with van der Waals surface area (Å²) in [6.07, 6.45) is 3.25. The van der Waals surface area contributed by atoms with Gasteiger partial charge >= 0.3 is 18.5 Å². The second-order valence-electron chi connectivity index (χ2n) is 7.82. The molecular weight excluding hydrogens is 488 g/mol. The number of nitrogens with one attached hydrogen (secondary N) is 5. The number of aromatic hydroxyl groups is 2. The smallest absolute Gasteiger partial charge is 0.411 e. The van der Waals surface area contributed by atoms with Crippen LogP contribution in [-0.4, -0.2) is 72.3 Å². The van der Waals surface area contributed by atoms with Crippen LogP contribution in [0.5, 0.6) is 11.5 Å². The summed E-state index contributed by atoms with van der Waals surface area (Å²) in [7, 11) is 2.37. The highest BCUT2D eigenvalue weighted by Crippen LogP contribution is 2.28. The molecule has 7 N–H and O–H groups in total. The number of quaternary nitrogens is 1. The summed E-state index contributed by atoms with van der Waals surface area (Å²) in [6, 6.07) is 8.26. The predicted molar refractivity (Wildman–Crippen MR) is 132 cm³/mol. The third kappa shape index (κ3) is 7.19. The third-order valence-electron chi connectivity index (χ3n) is 5.08. The maximum atomic E-state index is 12.7. The van der Waals surface area contributed by atoms with E-state index in [1.807, 2.05) is 0 Å². The summed E-state index contributed by atoms with van der Waals surface area (Å²) in [5.41, 5.74) is 0.746. The van der Waals surface area contributed by atoms with E-state index in [2.05, 4.69) is 35.7 Å². The van der Waals surface area contributed by atoms with Crippen LogP contribution < -0.4 is 26.3 Å². The Morgan fingerprint density at radius 2 is 1.24 bits per heavy atom. The Bertz CT molecular complexity index is 1180. The molecule has 2 aromatic carbocycles. The number of carbonyl (C=O) groups excluding carboxylic acids is 4. The number of rotatable bonds is 8. The number of hydrogen-bond acceptors (Lipinski definition) is 8. The fourth-order valence-corrected chi connectivity index (χ4v) is 3.37. The molecule has 14 heteroatoms. The van der Waals surface area contributed by atoms with Gasteiger partial charge in [0.05, 0.1) is 25.6 Å². The van der Waals surface area contributed by atoms with E-state index in [4.69, 9.17) is 0 Å². The van der Waals surface area contributed by atoms with Crippen molar-refractivity contribution in [2.75, 3.05) is 48.6 Å². The molecule has 0 spiro atoms. The fraction of sp³-hybridized carbons (Fsp3) is 0.174. The summed E-state index contributed by atoms with van der Waals surface area (Å²) >= 11 is 0. The van der Waals surface area contributed by atoms with Crippen LogP contribution in [0.1, 0.15) is 0 Å². The molecule has 1 aliphatic heterocycles. The van der Waals surface area contributed by atoms with Crippen LogP contribution in [0.15, 0.2) is 48.8 Å². The van der Waals surface area contributed by atoms with Gasteiger partial charge in [-0.15, -0.1) is 0 Å². The van der Waals surface area contributed by atoms with E-state index >= 15 is 0 Å². The van der Waals surface area contributed by atoms with E-state index in [1.54, 1.807) is 18.7 Å². The van der Waals surface area contributed by atoms with Gasteiger partial charge in [-0.25, -0.2) is 9.59 Å². The zero-order valence-corrected chi connectivity index (χ0v) is 19.9. The number of ether oxygens (including phenoxy) is 2. The molecule has 14 nitrogen and oxygen atoms in total.